The van der Waals surface area contributed by atoms with Gasteiger partial charge in [0.15, 0.2) is 0 Å². The van der Waals surface area contributed by atoms with Crippen LogP contribution in [-0.2, 0) is 9.47 Å². The van der Waals surface area contributed by atoms with Crippen molar-refractivity contribution in [1.82, 2.24) is 4.90 Å². The van der Waals surface area contributed by atoms with Crippen LogP contribution in [0.5, 0.6) is 0 Å². The lowest BCUT2D eigenvalue weighted by atomic mass is 10.1. The zero-order valence-corrected chi connectivity index (χ0v) is 12.5. The third-order valence-corrected chi connectivity index (χ3v) is 3.07. The summed E-state index contributed by atoms with van der Waals surface area (Å²) in [4.78, 5) is 14.3. The van der Waals surface area contributed by atoms with Crippen LogP contribution >= 0.6 is 0 Å². The van der Waals surface area contributed by atoms with Gasteiger partial charge in [-0.15, -0.1) is 0 Å². The lowest BCUT2D eigenvalue weighted by molar-refractivity contribution is 0.0675. The van der Waals surface area contributed by atoms with Crippen molar-refractivity contribution < 1.29 is 14.3 Å². The van der Waals surface area contributed by atoms with Gasteiger partial charge < -0.3 is 20.1 Å². The van der Waals surface area contributed by atoms with Gasteiger partial charge in [0.1, 0.15) is 0 Å². The Hall–Kier alpha value is -1.59. The normalized spacial score (nSPS) is 10.6. The fourth-order valence-electron chi connectivity index (χ4n) is 1.96. The predicted molar refractivity (Wildman–Crippen MR) is 79.9 cm³/mol. The molecule has 0 heterocycles. The summed E-state index contributed by atoms with van der Waals surface area (Å²) in [6.07, 6.45) is 0.789. The van der Waals surface area contributed by atoms with E-state index in [1.807, 2.05) is 19.1 Å². The van der Waals surface area contributed by atoms with Gasteiger partial charge in [-0.25, -0.2) is 0 Å². The van der Waals surface area contributed by atoms with Gasteiger partial charge in [0.2, 0.25) is 0 Å². The lowest BCUT2D eigenvalue weighted by Crippen LogP contribution is -2.35. The Kier molecular flexibility index (Phi) is 7.04. The minimum absolute atomic E-state index is 0.0596. The zero-order chi connectivity index (χ0) is 15.0. The summed E-state index contributed by atoms with van der Waals surface area (Å²) >= 11 is 0. The highest BCUT2D eigenvalue weighted by atomic mass is 16.5. The summed E-state index contributed by atoms with van der Waals surface area (Å²) in [5.74, 6) is -0.0596. The molecule has 0 saturated carbocycles. The van der Waals surface area contributed by atoms with Crippen molar-refractivity contribution in [2.45, 2.75) is 13.3 Å². The number of benzene rings is 1. The predicted octanol–water partition coefficient (Wildman–Crippen LogP) is 1.70. The van der Waals surface area contributed by atoms with Crippen molar-refractivity contribution in [3.63, 3.8) is 0 Å². The molecule has 0 aliphatic rings. The average Bonchev–Trinajstić information content (AvgIpc) is 2.42. The number of nitrogens with zero attached hydrogens (tertiary/aromatic N) is 1. The summed E-state index contributed by atoms with van der Waals surface area (Å²) < 4.78 is 10.1. The number of nitrogens with two attached hydrogens (primary N) is 1. The van der Waals surface area contributed by atoms with Gasteiger partial charge in [0.05, 0.1) is 12.2 Å². The first-order chi connectivity index (χ1) is 9.60. The fraction of sp³-hybridized carbons (Fsp3) is 0.533. The number of carbonyl (C=O) groups is 1. The summed E-state index contributed by atoms with van der Waals surface area (Å²) in [7, 11) is 3.28. The minimum Gasteiger partial charge on any atom is -0.398 e. The maximum Gasteiger partial charge on any atom is 0.256 e. The van der Waals surface area contributed by atoms with E-state index in [-0.39, 0.29) is 5.91 Å². The number of aryl methyl sites for hydroxylation is 1. The van der Waals surface area contributed by atoms with Crippen LogP contribution in [0.25, 0.3) is 0 Å². The number of nitrogen functional groups attached to an aromatic ring is 1. The topological polar surface area (TPSA) is 64.8 Å². The Morgan fingerprint density at radius 2 is 1.90 bits per heavy atom. The number of amides is 1. The molecule has 1 amide bonds. The van der Waals surface area contributed by atoms with Gasteiger partial charge in [0.25, 0.3) is 5.91 Å². The van der Waals surface area contributed by atoms with Crippen molar-refractivity contribution in [2.75, 3.05) is 46.3 Å². The molecule has 0 unspecified atom stereocenters. The van der Waals surface area contributed by atoms with E-state index in [0.29, 0.717) is 37.6 Å². The molecule has 0 saturated heterocycles. The summed E-state index contributed by atoms with van der Waals surface area (Å²) in [5, 5.41) is 0. The van der Waals surface area contributed by atoms with E-state index < -0.39 is 0 Å². The van der Waals surface area contributed by atoms with E-state index in [1.165, 1.54) is 0 Å². The van der Waals surface area contributed by atoms with Crippen LogP contribution in [0.3, 0.4) is 0 Å². The van der Waals surface area contributed by atoms with Crippen molar-refractivity contribution in [3.8, 4) is 0 Å². The van der Waals surface area contributed by atoms with Gasteiger partial charge in [0, 0.05) is 39.6 Å². The summed E-state index contributed by atoms with van der Waals surface area (Å²) in [5.41, 5.74) is 8.05. The van der Waals surface area contributed by atoms with Crippen LogP contribution < -0.4 is 5.73 Å². The molecule has 5 nitrogen and oxygen atoms in total. The second-order valence-electron chi connectivity index (χ2n) is 4.72. The SMILES string of the molecule is COCCCN(CCOC)C(=O)c1ccc(C)cc1N. The molecule has 0 aliphatic carbocycles. The van der Waals surface area contributed by atoms with Crippen LogP contribution in [0.15, 0.2) is 18.2 Å². The molecule has 5 heteroatoms. The maximum absolute atomic E-state index is 12.5. The van der Waals surface area contributed by atoms with Gasteiger partial charge in [-0.1, -0.05) is 6.07 Å². The Balaban J connectivity index is 2.79. The first-order valence-corrected chi connectivity index (χ1v) is 6.73. The van der Waals surface area contributed by atoms with Gasteiger partial charge >= 0.3 is 0 Å². The maximum atomic E-state index is 12.5. The molecule has 0 atom stereocenters. The molecule has 112 valence electrons. The molecule has 0 bridgehead atoms. The van der Waals surface area contributed by atoms with Crippen molar-refractivity contribution >= 4 is 11.6 Å². The fourth-order valence-corrected chi connectivity index (χ4v) is 1.96. The van der Waals surface area contributed by atoms with E-state index in [2.05, 4.69) is 0 Å². The third-order valence-electron chi connectivity index (χ3n) is 3.07. The van der Waals surface area contributed by atoms with Crippen molar-refractivity contribution in [2.24, 2.45) is 0 Å². The largest absolute Gasteiger partial charge is 0.398 e. The van der Waals surface area contributed by atoms with E-state index in [0.717, 1.165) is 12.0 Å². The van der Waals surface area contributed by atoms with Crippen molar-refractivity contribution in [3.05, 3.63) is 29.3 Å². The highest BCUT2D eigenvalue weighted by Crippen LogP contribution is 2.16. The molecular weight excluding hydrogens is 256 g/mol. The van der Waals surface area contributed by atoms with Crippen LogP contribution in [0.4, 0.5) is 5.69 Å². The van der Waals surface area contributed by atoms with E-state index in [9.17, 15) is 4.79 Å². The van der Waals surface area contributed by atoms with Gasteiger partial charge in [-0.3, -0.25) is 4.79 Å². The Morgan fingerprint density at radius 3 is 2.50 bits per heavy atom. The van der Waals surface area contributed by atoms with Gasteiger partial charge in [-0.05, 0) is 31.0 Å². The van der Waals surface area contributed by atoms with Crippen LogP contribution in [0.2, 0.25) is 0 Å². The standard InChI is InChI=1S/C15H24N2O3/c1-12-5-6-13(14(16)11-12)15(18)17(8-10-20-3)7-4-9-19-2/h5-6,11H,4,7-10,16H2,1-3H3. The summed E-state index contributed by atoms with van der Waals surface area (Å²) in [6, 6.07) is 5.49. The Morgan fingerprint density at radius 1 is 1.20 bits per heavy atom. The van der Waals surface area contributed by atoms with E-state index in [4.69, 9.17) is 15.2 Å². The molecule has 1 aromatic carbocycles. The first kappa shape index (κ1) is 16.5. The van der Waals surface area contributed by atoms with Crippen LogP contribution in [0.1, 0.15) is 22.3 Å². The molecule has 20 heavy (non-hydrogen) atoms. The molecule has 1 rings (SSSR count). The lowest BCUT2D eigenvalue weighted by Gasteiger charge is -2.23. The number of anilines is 1. The second-order valence-corrected chi connectivity index (χ2v) is 4.72. The van der Waals surface area contributed by atoms with E-state index >= 15 is 0 Å². The number of hydrogen-bond donors (Lipinski definition) is 1. The van der Waals surface area contributed by atoms with Crippen LogP contribution in [0, 0.1) is 6.92 Å². The molecule has 0 aliphatic heterocycles. The Bertz CT molecular complexity index is 435. The molecule has 2 N–H and O–H groups in total. The number of hydrogen-bond acceptors (Lipinski definition) is 4. The molecule has 0 radical (unpaired) electrons. The number of rotatable bonds is 8. The quantitative estimate of drug-likeness (QED) is 0.581. The smallest absolute Gasteiger partial charge is 0.256 e. The molecule has 1 aromatic rings. The Labute approximate surface area is 120 Å². The zero-order valence-electron chi connectivity index (χ0n) is 12.5. The highest BCUT2D eigenvalue weighted by molar-refractivity contribution is 5.99. The van der Waals surface area contributed by atoms with E-state index in [1.54, 1.807) is 25.2 Å². The van der Waals surface area contributed by atoms with Gasteiger partial charge in [-0.2, -0.15) is 0 Å². The average molecular weight is 280 g/mol. The molecule has 0 spiro atoms. The van der Waals surface area contributed by atoms with Crippen molar-refractivity contribution in [1.29, 1.82) is 0 Å². The molecule has 0 fully saturated rings. The monoisotopic (exact) mass is 280 g/mol. The second kappa shape index (κ2) is 8.55. The first-order valence-electron chi connectivity index (χ1n) is 6.73. The highest BCUT2D eigenvalue weighted by Gasteiger charge is 2.17. The molecule has 0 aromatic heterocycles. The summed E-state index contributed by atoms with van der Waals surface area (Å²) in [6.45, 7) is 4.26. The number of methoxy groups -OCH3 is 2. The third kappa shape index (κ3) is 4.83. The minimum atomic E-state index is -0.0596. The van der Waals surface area contributed by atoms with Crippen LogP contribution in [-0.4, -0.2) is 51.3 Å². The number of ether oxygens (including phenoxy) is 2. The number of carbonyl (C=O) groups excluding carboxylic acids is 1. The molecular formula is C15H24N2O3.